The molecular weight excluding hydrogens is 389 g/mol. The Morgan fingerprint density at radius 1 is 0.867 bits per heavy atom. The standard InChI is InChI=1S/C22H22FN3O4/c1-13(2)12-26-21(29)17-8-5-15(11-18(17)22(26)30)20(28)25-10-9-24-19(27)14-3-6-16(23)7-4-14/h3-8,11,13H,9-10,12H2,1-2H3,(H,24,27)(H,25,28). The van der Waals surface area contributed by atoms with Crippen LogP contribution in [0.4, 0.5) is 4.39 Å². The van der Waals surface area contributed by atoms with Crippen LogP contribution in [0, 0.1) is 11.7 Å². The maximum absolute atomic E-state index is 12.9. The summed E-state index contributed by atoms with van der Waals surface area (Å²) in [7, 11) is 0. The molecule has 2 aromatic carbocycles. The van der Waals surface area contributed by atoms with Crippen molar-refractivity contribution in [3.8, 4) is 0 Å². The van der Waals surface area contributed by atoms with E-state index >= 15 is 0 Å². The normalized spacial score (nSPS) is 12.9. The molecule has 0 spiro atoms. The first-order chi connectivity index (χ1) is 14.3. The lowest BCUT2D eigenvalue weighted by atomic mass is 10.1. The van der Waals surface area contributed by atoms with E-state index in [2.05, 4.69) is 10.6 Å². The zero-order valence-electron chi connectivity index (χ0n) is 16.7. The van der Waals surface area contributed by atoms with Crippen molar-refractivity contribution >= 4 is 23.6 Å². The summed E-state index contributed by atoms with van der Waals surface area (Å²) >= 11 is 0. The molecule has 0 unspecified atom stereocenters. The largest absolute Gasteiger partial charge is 0.350 e. The number of amides is 4. The smallest absolute Gasteiger partial charge is 0.261 e. The highest BCUT2D eigenvalue weighted by Gasteiger charge is 2.36. The Bertz CT molecular complexity index is 1000. The van der Waals surface area contributed by atoms with E-state index in [1.165, 1.54) is 47.4 Å². The van der Waals surface area contributed by atoms with Crippen LogP contribution >= 0.6 is 0 Å². The number of halogens is 1. The minimum atomic E-state index is -0.430. The number of carbonyl (C=O) groups is 4. The summed E-state index contributed by atoms with van der Waals surface area (Å²) in [6.45, 7) is 4.48. The molecule has 1 heterocycles. The maximum atomic E-state index is 12.9. The quantitative estimate of drug-likeness (QED) is 0.540. The monoisotopic (exact) mass is 411 g/mol. The SMILES string of the molecule is CC(C)CN1C(=O)c2ccc(C(=O)NCCNC(=O)c3ccc(F)cc3)cc2C1=O. The van der Waals surface area contributed by atoms with Crippen molar-refractivity contribution in [2.24, 2.45) is 5.92 Å². The van der Waals surface area contributed by atoms with Gasteiger partial charge in [0.05, 0.1) is 11.1 Å². The molecule has 30 heavy (non-hydrogen) atoms. The van der Waals surface area contributed by atoms with Crippen LogP contribution in [0.3, 0.4) is 0 Å². The molecule has 1 aliphatic rings. The van der Waals surface area contributed by atoms with Gasteiger partial charge in [-0.2, -0.15) is 0 Å². The molecule has 4 amide bonds. The van der Waals surface area contributed by atoms with E-state index in [0.717, 1.165) is 0 Å². The fraction of sp³-hybridized carbons (Fsp3) is 0.273. The number of carbonyl (C=O) groups excluding carboxylic acids is 4. The number of nitrogens with one attached hydrogen (secondary N) is 2. The average molecular weight is 411 g/mol. The minimum Gasteiger partial charge on any atom is -0.350 e. The second-order valence-electron chi connectivity index (χ2n) is 7.39. The Balaban J connectivity index is 1.55. The van der Waals surface area contributed by atoms with Crippen LogP contribution in [0.15, 0.2) is 42.5 Å². The summed E-state index contributed by atoms with van der Waals surface area (Å²) in [5.74, 6) is -1.84. The molecule has 0 saturated carbocycles. The first-order valence-corrected chi connectivity index (χ1v) is 9.60. The van der Waals surface area contributed by atoms with Crippen molar-refractivity contribution < 1.29 is 23.6 Å². The van der Waals surface area contributed by atoms with Crippen LogP contribution in [-0.4, -0.2) is 48.2 Å². The van der Waals surface area contributed by atoms with Gasteiger partial charge in [0.15, 0.2) is 0 Å². The molecule has 0 bridgehead atoms. The van der Waals surface area contributed by atoms with Crippen LogP contribution in [0.5, 0.6) is 0 Å². The highest BCUT2D eigenvalue weighted by molar-refractivity contribution is 6.22. The molecule has 156 valence electrons. The Labute approximate surface area is 173 Å². The van der Waals surface area contributed by atoms with Gasteiger partial charge in [-0.3, -0.25) is 24.1 Å². The summed E-state index contributed by atoms with van der Waals surface area (Å²) < 4.78 is 12.9. The van der Waals surface area contributed by atoms with Gasteiger partial charge in [-0.15, -0.1) is 0 Å². The summed E-state index contributed by atoms with van der Waals surface area (Å²) in [6, 6.07) is 9.53. The number of hydrogen-bond acceptors (Lipinski definition) is 4. The van der Waals surface area contributed by atoms with Crippen molar-refractivity contribution in [2.45, 2.75) is 13.8 Å². The molecule has 2 N–H and O–H groups in total. The molecule has 8 heteroatoms. The van der Waals surface area contributed by atoms with Gasteiger partial charge in [0.1, 0.15) is 5.82 Å². The number of benzene rings is 2. The summed E-state index contributed by atoms with van der Waals surface area (Å²) in [6.07, 6.45) is 0. The zero-order valence-corrected chi connectivity index (χ0v) is 16.7. The number of imide groups is 1. The molecule has 3 rings (SSSR count). The third kappa shape index (κ3) is 4.53. The molecular formula is C22H22FN3O4. The van der Waals surface area contributed by atoms with Gasteiger partial charge in [0.25, 0.3) is 23.6 Å². The maximum Gasteiger partial charge on any atom is 0.261 e. The third-order valence-electron chi connectivity index (χ3n) is 4.58. The molecule has 2 aromatic rings. The lowest BCUT2D eigenvalue weighted by molar-refractivity contribution is 0.0635. The van der Waals surface area contributed by atoms with Crippen LogP contribution in [0.25, 0.3) is 0 Å². The van der Waals surface area contributed by atoms with Crippen molar-refractivity contribution in [1.29, 1.82) is 0 Å². The van der Waals surface area contributed by atoms with E-state index in [0.29, 0.717) is 17.7 Å². The topological polar surface area (TPSA) is 95.6 Å². The molecule has 0 aliphatic carbocycles. The van der Waals surface area contributed by atoms with Crippen molar-refractivity contribution in [1.82, 2.24) is 15.5 Å². The number of hydrogen-bond donors (Lipinski definition) is 2. The van der Waals surface area contributed by atoms with Crippen molar-refractivity contribution in [2.75, 3.05) is 19.6 Å². The molecule has 0 fully saturated rings. The summed E-state index contributed by atoms with van der Waals surface area (Å²) in [5.41, 5.74) is 1.09. The Morgan fingerprint density at radius 3 is 2.00 bits per heavy atom. The Hall–Kier alpha value is -3.55. The van der Waals surface area contributed by atoms with Gasteiger partial charge in [-0.1, -0.05) is 13.8 Å². The summed E-state index contributed by atoms with van der Waals surface area (Å²) in [5, 5.41) is 5.27. The van der Waals surface area contributed by atoms with Gasteiger partial charge in [0, 0.05) is 30.8 Å². The summed E-state index contributed by atoms with van der Waals surface area (Å²) in [4.78, 5) is 50.4. The fourth-order valence-corrected chi connectivity index (χ4v) is 3.12. The van der Waals surface area contributed by atoms with Crippen LogP contribution < -0.4 is 10.6 Å². The van der Waals surface area contributed by atoms with Crippen molar-refractivity contribution in [3.63, 3.8) is 0 Å². The predicted molar refractivity (Wildman–Crippen MR) is 108 cm³/mol. The van der Waals surface area contributed by atoms with Gasteiger partial charge in [0.2, 0.25) is 0 Å². The number of rotatable bonds is 7. The second kappa shape index (κ2) is 8.86. The van der Waals surface area contributed by atoms with Crippen LogP contribution in [0.2, 0.25) is 0 Å². The fourth-order valence-electron chi connectivity index (χ4n) is 3.12. The zero-order chi connectivity index (χ0) is 21.8. The minimum absolute atomic E-state index is 0.139. The highest BCUT2D eigenvalue weighted by Crippen LogP contribution is 2.24. The van der Waals surface area contributed by atoms with E-state index < -0.39 is 17.6 Å². The molecule has 0 saturated heterocycles. The lowest BCUT2D eigenvalue weighted by Gasteiger charge is -2.15. The molecule has 1 aliphatic heterocycles. The second-order valence-corrected chi connectivity index (χ2v) is 7.39. The highest BCUT2D eigenvalue weighted by atomic mass is 19.1. The van der Waals surface area contributed by atoms with Crippen LogP contribution in [0.1, 0.15) is 55.3 Å². The van der Waals surface area contributed by atoms with Gasteiger partial charge >= 0.3 is 0 Å². The van der Waals surface area contributed by atoms with E-state index in [-0.39, 0.29) is 41.9 Å². The van der Waals surface area contributed by atoms with Gasteiger partial charge < -0.3 is 10.6 Å². The average Bonchev–Trinajstić information content (AvgIpc) is 2.95. The molecule has 7 nitrogen and oxygen atoms in total. The molecule has 0 radical (unpaired) electrons. The lowest BCUT2D eigenvalue weighted by Crippen LogP contribution is -2.34. The van der Waals surface area contributed by atoms with E-state index in [1.807, 2.05) is 13.8 Å². The van der Waals surface area contributed by atoms with E-state index in [9.17, 15) is 23.6 Å². The molecule has 0 aromatic heterocycles. The van der Waals surface area contributed by atoms with E-state index in [1.54, 1.807) is 0 Å². The van der Waals surface area contributed by atoms with E-state index in [4.69, 9.17) is 0 Å². The first kappa shape index (κ1) is 21.2. The third-order valence-corrected chi connectivity index (χ3v) is 4.58. The first-order valence-electron chi connectivity index (χ1n) is 9.60. The van der Waals surface area contributed by atoms with Gasteiger partial charge in [-0.25, -0.2) is 4.39 Å². The Kier molecular flexibility index (Phi) is 6.25. The predicted octanol–water partition coefficient (Wildman–Crippen LogP) is 2.24. The number of fused-ring (bicyclic) bond motifs is 1. The number of nitrogens with zero attached hydrogens (tertiary/aromatic N) is 1. The van der Waals surface area contributed by atoms with Crippen LogP contribution in [-0.2, 0) is 0 Å². The molecule has 0 atom stereocenters. The van der Waals surface area contributed by atoms with Gasteiger partial charge in [-0.05, 0) is 48.4 Å². The Morgan fingerprint density at radius 2 is 1.40 bits per heavy atom. The van der Waals surface area contributed by atoms with Crippen molar-refractivity contribution in [3.05, 3.63) is 70.5 Å².